The third-order valence-electron chi connectivity index (χ3n) is 7.00. The molecule has 1 aliphatic rings. The lowest BCUT2D eigenvalue weighted by Gasteiger charge is -2.28. The van der Waals surface area contributed by atoms with E-state index >= 15 is 0 Å². The molecule has 0 saturated carbocycles. The summed E-state index contributed by atoms with van der Waals surface area (Å²) in [5, 5.41) is 28.5. The van der Waals surface area contributed by atoms with E-state index in [0.717, 1.165) is 11.8 Å². The number of hydrogen-bond acceptors (Lipinski definition) is 11. The van der Waals surface area contributed by atoms with Crippen LogP contribution >= 0.6 is 0 Å². The summed E-state index contributed by atoms with van der Waals surface area (Å²) in [6, 6.07) is -8.59. The number of carbonyl (C=O) groups is 9. The van der Waals surface area contributed by atoms with Crippen molar-refractivity contribution in [2.24, 2.45) is 22.9 Å². The van der Waals surface area contributed by atoms with Gasteiger partial charge in [-0.05, 0) is 39.5 Å². The van der Waals surface area contributed by atoms with Crippen LogP contribution < -0.4 is 44.2 Å². The summed E-state index contributed by atoms with van der Waals surface area (Å²) in [4.78, 5) is 111. The van der Waals surface area contributed by atoms with Crippen LogP contribution in [0.3, 0.4) is 0 Å². The monoisotopic (exact) mass is 657 g/mol. The Kier molecular flexibility index (Phi) is 15.5. The van der Waals surface area contributed by atoms with Crippen LogP contribution in [0.25, 0.3) is 0 Å². The van der Waals surface area contributed by atoms with Gasteiger partial charge in [-0.15, -0.1) is 0 Å². The van der Waals surface area contributed by atoms with Crippen molar-refractivity contribution in [1.82, 2.24) is 26.2 Å². The summed E-state index contributed by atoms with van der Waals surface area (Å²) in [6.45, 7) is 2.58. The Labute approximate surface area is 263 Å². The summed E-state index contributed by atoms with van der Waals surface area (Å²) < 4.78 is 0. The number of aliphatic hydroxyl groups is 1. The first-order valence-electron chi connectivity index (χ1n) is 14.4. The molecule has 14 N–H and O–H groups in total. The normalized spacial score (nSPS) is 18.1. The maximum absolute atomic E-state index is 13.2. The highest BCUT2D eigenvalue weighted by atomic mass is 16.4. The first-order valence-corrected chi connectivity index (χ1v) is 14.4. The molecule has 258 valence electrons. The van der Waals surface area contributed by atoms with Gasteiger partial charge < -0.3 is 59.3 Å². The average molecular weight is 658 g/mol. The van der Waals surface area contributed by atoms with Crippen molar-refractivity contribution >= 4 is 53.2 Å². The molecule has 0 aliphatic carbocycles. The van der Waals surface area contributed by atoms with Gasteiger partial charge in [0.1, 0.15) is 30.2 Å². The number of likely N-dealkylation sites (tertiary alicyclic amines) is 1. The second-order valence-electron chi connectivity index (χ2n) is 10.9. The van der Waals surface area contributed by atoms with Gasteiger partial charge in [0.05, 0.1) is 18.6 Å². The smallest absolute Gasteiger partial charge is 0.326 e. The second-order valence-corrected chi connectivity index (χ2v) is 10.9. The van der Waals surface area contributed by atoms with Gasteiger partial charge in [-0.1, -0.05) is 0 Å². The fourth-order valence-electron chi connectivity index (χ4n) is 4.51. The highest BCUT2D eigenvalue weighted by Crippen LogP contribution is 2.18. The van der Waals surface area contributed by atoms with Crippen LogP contribution in [0.15, 0.2) is 0 Å². The van der Waals surface area contributed by atoms with E-state index in [4.69, 9.17) is 22.9 Å². The number of aliphatic carboxylic acids is 1. The van der Waals surface area contributed by atoms with Crippen molar-refractivity contribution in [3.05, 3.63) is 0 Å². The zero-order valence-corrected chi connectivity index (χ0v) is 25.5. The summed E-state index contributed by atoms with van der Waals surface area (Å²) in [7, 11) is 0. The van der Waals surface area contributed by atoms with Gasteiger partial charge in [0.15, 0.2) is 0 Å². The second kappa shape index (κ2) is 18.2. The maximum atomic E-state index is 13.2. The summed E-state index contributed by atoms with van der Waals surface area (Å²) in [5.41, 5.74) is 21.2. The van der Waals surface area contributed by atoms with Crippen molar-refractivity contribution < 1.29 is 53.4 Å². The topological polar surface area (TPSA) is 350 Å². The summed E-state index contributed by atoms with van der Waals surface area (Å²) in [5.74, 6) is -8.73. The van der Waals surface area contributed by atoms with E-state index in [0.29, 0.717) is 6.42 Å². The number of carboxylic acid groups (broad SMARTS) is 1. The zero-order valence-electron chi connectivity index (χ0n) is 25.5. The quantitative estimate of drug-likeness (QED) is 0.0621. The number of nitrogens with one attached hydrogen (secondary N) is 4. The van der Waals surface area contributed by atoms with Crippen LogP contribution in [-0.4, -0.2) is 117 Å². The molecule has 1 saturated heterocycles. The molecule has 46 heavy (non-hydrogen) atoms. The SMILES string of the molecule is C[C@H](NC(=O)[C@@H](NC(=O)[C@H](CC(N)=O)NC(=O)[C@H](CCC(N)=O)NC(=O)[C@@H](N)CCC(N)=O)[C@@H](C)O)C(=O)N1CCC[C@H]1C(=O)O. The number of amides is 8. The van der Waals surface area contributed by atoms with Crippen LogP contribution in [0.1, 0.15) is 58.8 Å². The van der Waals surface area contributed by atoms with E-state index in [2.05, 4.69) is 21.3 Å². The van der Waals surface area contributed by atoms with Gasteiger partial charge in [-0.3, -0.25) is 38.4 Å². The molecule has 8 amide bonds. The molecule has 1 heterocycles. The summed E-state index contributed by atoms with van der Waals surface area (Å²) >= 11 is 0. The highest BCUT2D eigenvalue weighted by molar-refractivity contribution is 5.98. The number of rotatable bonds is 19. The minimum absolute atomic E-state index is 0.154. The Morgan fingerprint density at radius 3 is 1.83 bits per heavy atom. The number of hydrogen-bond donors (Lipinski definition) is 10. The maximum Gasteiger partial charge on any atom is 0.326 e. The Hall–Kier alpha value is -4.85. The fraction of sp³-hybridized carbons (Fsp3) is 0.654. The predicted octanol–water partition coefficient (Wildman–Crippen LogP) is -5.86. The average Bonchev–Trinajstić information content (AvgIpc) is 3.45. The number of nitrogens with two attached hydrogens (primary N) is 4. The largest absolute Gasteiger partial charge is 0.480 e. The van der Waals surface area contributed by atoms with Gasteiger partial charge in [0.2, 0.25) is 47.3 Å². The molecule has 0 bridgehead atoms. The zero-order chi connectivity index (χ0) is 35.3. The Bertz CT molecular complexity index is 1200. The molecule has 1 rings (SSSR count). The molecule has 0 spiro atoms. The molecule has 0 radical (unpaired) electrons. The molecule has 0 aromatic heterocycles. The summed E-state index contributed by atoms with van der Waals surface area (Å²) in [6.07, 6.45) is -2.85. The van der Waals surface area contributed by atoms with E-state index in [1.54, 1.807) is 0 Å². The molecule has 0 aromatic rings. The molecule has 1 aliphatic heterocycles. The highest BCUT2D eigenvalue weighted by Gasteiger charge is 2.38. The Morgan fingerprint density at radius 1 is 0.761 bits per heavy atom. The lowest BCUT2D eigenvalue weighted by Crippen LogP contribution is -2.61. The minimum atomic E-state index is -1.75. The van der Waals surface area contributed by atoms with Crippen LogP contribution in [0.4, 0.5) is 0 Å². The van der Waals surface area contributed by atoms with Crippen molar-refractivity contribution in [3.8, 4) is 0 Å². The molecule has 20 nitrogen and oxygen atoms in total. The standard InChI is InChI=1S/C26H43N9O11/c1-11(25(44)35-9-3-4-16(35)26(45)46)31-24(43)20(12(2)36)34-23(42)15(10-19(30)39)33-22(41)14(6-8-18(29)38)32-21(40)13(27)5-7-17(28)37/h11-16,20,36H,3-10,27H2,1-2H3,(H2,28,37)(H2,29,38)(H2,30,39)(H,31,43)(H,32,40)(H,33,41)(H,34,42)(H,45,46)/t11-,12+,13-,14-,15-,16-,20-/m0/s1. The van der Waals surface area contributed by atoms with Crippen molar-refractivity contribution in [1.29, 1.82) is 0 Å². The predicted molar refractivity (Wildman–Crippen MR) is 156 cm³/mol. The Balaban J connectivity index is 3.07. The van der Waals surface area contributed by atoms with Crippen LogP contribution in [0, 0.1) is 0 Å². The van der Waals surface area contributed by atoms with Crippen LogP contribution in [-0.2, 0) is 43.2 Å². The van der Waals surface area contributed by atoms with Crippen molar-refractivity contribution in [2.45, 2.75) is 101 Å². The van der Waals surface area contributed by atoms with Crippen molar-refractivity contribution in [3.63, 3.8) is 0 Å². The minimum Gasteiger partial charge on any atom is -0.480 e. The number of aliphatic hydroxyl groups excluding tert-OH is 1. The van der Waals surface area contributed by atoms with Crippen LogP contribution in [0.5, 0.6) is 0 Å². The first-order chi connectivity index (χ1) is 21.3. The third-order valence-corrected chi connectivity index (χ3v) is 7.00. The van der Waals surface area contributed by atoms with Gasteiger partial charge >= 0.3 is 5.97 Å². The van der Waals surface area contributed by atoms with E-state index in [1.807, 2.05) is 0 Å². The number of carboxylic acids is 1. The molecule has 7 atom stereocenters. The number of nitrogens with zero attached hydrogens (tertiary/aromatic N) is 1. The van der Waals surface area contributed by atoms with E-state index in [-0.39, 0.29) is 32.2 Å². The number of carbonyl (C=O) groups excluding carboxylic acids is 8. The van der Waals surface area contributed by atoms with Gasteiger partial charge in [0, 0.05) is 19.4 Å². The molecule has 0 unspecified atom stereocenters. The van der Waals surface area contributed by atoms with E-state index in [9.17, 15) is 53.4 Å². The fourth-order valence-corrected chi connectivity index (χ4v) is 4.51. The van der Waals surface area contributed by atoms with Gasteiger partial charge in [-0.25, -0.2) is 4.79 Å². The lowest BCUT2D eigenvalue weighted by molar-refractivity contribution is -0.149. The van der Waals surface area contributed by atoms with Gasteiger partial charge in [0.25, 0.3) is 0 Å². The molecule has 20 heteroatoms. The number of primary amides is 3. The van der Waals surface area contributed by atoms with E-state index in [1.165, 1.54) is 6.92 Å². The third kappa shape index (κ3) is 12.6. The molecule has 0 aromatic carbocycles. The Morgan fingerprint density at radius 2 is 1.30 bits per heavy atom. The van der Waals surface area contributed by atoms with E-state index < -0.39 is 108 Å². The first kappa shape index (κ1) is 39.2. The van der Waals surface area contributed by atoms with Crippen LogP contribution in [0.2, 0.25) is 0 Å². The molecular formula is C26H43N9O11. The van der Waals surface area contributed by atoms with Crippen molar-refractivity contribution in [2.75, 3.05) is 6.54 Å². The molecule has 1 fully saturated rings. The molecular weight excluding hydrogens is 614 g/mol. The van der Waals surface area contributed by atoms with Gasteiger partial charge in [-0.2, -0.15) is 0 Å². The lowest BCUT2D eigenvalue weighted by atomic mass is 10.1.